The van der Waals surface area contributed by atoms with Crippen LogP contribution in [0.3, 0.4) is 0 Å². The molecule has 1 unspecified atom stereocenters. The number of unbranched alkanes of at least 4 members (excludes halogenated alkanes) is 2. The van der Waals surface area contributed by atoms with Crippen LogP contribution in [0.1, 0.15) is 19.3 Å². The molecule has 5 heteroatoms. The minimum absolute atomic E-state index is 0.163. The molecule has 0 saturated heterocycles. The van der Waals surface area contributed by atoms with Gasteiger partial charge in [-0.2, -0.15) is 0 Å². The Balaban J connectivity index is 2.84. The van der Waals surface area contributed by atoms with Gasteiger partial charge in [0.15, 0.2) is 0 Å². The molecule has 0 heterocycles. The van der Waals surface area contributed by atoms with E-state index in [-0.39, 0.29) is 13.3 Å². The smallest absolute Gasteiger partial charge is 0.0894 e. The zero-order valence-corrected chi connectivity index (χ0v) is 6.36. The lowest BCUT2D eigenvalue weighted by molar-refractivity contribution is 0.289. The van der Waals surface area contributed by atoms with Crippen LogP contribution in [0.4, 0.5) is 4.39 Å². The first-order valence-corrected chi connectivity index (χ1v) is 4.06. The molecule has 0 aromatic heterocycles. The Bertz CT molecular complexity index is 98.9. The molecule has 0 aliphatic carbocycles. The van der Waals surface area contributed by atoms with E-state index in [9.17, 15) is 13.2 Å². The first-order chi connectivity index (χ1) is 4.77. The van der Waals surface area contributed by atoms with Crippen molar-refractivity contribution in [3.63, 3.8) is 0 Å². The maximum absolute atomic E-state index is 11.4. The lowest BCUT2D eigenvalue weighted by Gasteiger charge is -2.03. The third kappa shape index (κ3) is 8.00. The quantitative estimate of drug-likeness (QED) is 0.439. The van der Waals surface area contributed by atoms with Gasteiger partial charge in [0.2, 0.25) is 0 Å². The van der Waals surface area contributed by atoms with Gasteiger partial charge in [-0.1, -0.05) is 0 Å². The second-order valence-electron chi connectivity index (χ2n) is 1.78. The summed E-state index contributed by atoms with van der Waals surface area (Å²) in [5, 5.41) is 0. The second-order valence-corrected chi connectivity index (χ2v) is 2.42. The van der Waals surface area contributed by atoms with Gasteiger partial charge in [-0.05, 0) is 19.3 Å². The molecule has 0 amide bonds. The van der Waals surface area contributed by atoms with Gasteiger partial charge in [-0.3, -0.25) is 4.39 Å². The van der Waals surface area contributed by atoms with E-state index >= 15 is 0 Å². The summed E-state index contributed by atoms with van der Waals surface area (Å²) < 4.78 is 35.1. The number of halogens is 1. The molecular formula is C5H10FO3S-. The van der Waals surface area contributed by atoms with Crippen molar-refractivity contribution in [2.24, 2.45) is 0 Å². The highest BCUT2D eigenvalue weighted by Gasteiger charge is 1.88. The third-order valence-corrected chi connectivity index (χ3v) is 1.32. The van der Waals surface area contributed by atoms with Crippen LogP contribution in [0.25, 0.3) is 0 Å². The van der Waals surface area contributed by atoms with Gasteiger partial charge < -0.3 is 8.74 Å². The van der Waals surface area contributed by atoms with Crippen molar-refractivity contribution in [1.29, 1.82) is 0 Å². The molecule has 0 aliphatic rings. The average Bonchev–Trinajstić information content (AvgIpc) is 1.87. The summed E-state index contributed by atoms with van der Waals surface area (Å²) in [5.74, 6) is 0. The number of hydrogen-bond acceptors (Lipinski definition) is 3. The van der Waals surface area contributed by atoms with E-state index in [4.69, 9.17) is 0 Å². The molecule has 0 rings (SSSR count). The van der Waals surface area contributed by atoms with Gasteiger partial charge in [-0.25, -0.2) is 4.21 Å². The van der Waals surface area contributed by atoms with E-state index in [0.717, 1.165) is 0 Å². The van der Waals surface area contributed by atoms with Crippen LogP contribution in [-0.2, 0) is 15.5 Å². The van der Waals surface area contributed by atoms with Gasteiger partial charge in [0.1, 0.15) is 0 Å². The van der Waals surface area contributed by atoms with E-state index in [1.807, 2.05) is 0 Å². The Hall–Kier alpha value is -0.0000000000000000555. The lowest BCUT2D eigenvalue weighted by Crippen LogP contribution is -1.97. The van der Waals surface area contributed by atoms with Crippen molar-refractivity contribution < 1.29 is 17.3 Å². The van der Waals surface area contributed by atoms with Gasteiger partial charge in [0, 0.05) is 0 Å². The van der Waals surface area contributed by atoms with Crippen molar-refractivity contribution >= 4 is 11.4 Å². The highest BCUT2D eigenvalue weighted by molar-refractivity contribution is 7.74. The first-order valence-electron chi connectivity index (χ1n) is 3.06. The molecule has 10 heavy (non-hydrogen) atoms. The van der Waals surface area contributed by atoms with Gasteiger partial charge in [0.05, 0.1) is 24.6 Å². The second kappa shape index (κ2) is 7.11. The maximum Gasteiger partial charge on any atom is 0.0894 e. The molecule has 0 aromatic carbocycles. The lowest BCUT2D eigenvalue weighted by atomic mass is 10.3. The van der Waals surface area contributed by atoms with Gasteiger partial charge >= 0.3 is 0 Å². The maximum atomic E-state index is 11.4. The topological polar surface area (TPSA) is 49.4 Å². The number of hydrogen-bond donors (Lipinski definition) is 0. The minimum Gasteiger partial charge on any atom is -0.750 e. The third-order valence-electron chi connectivity index (χ3n) is 0.958. The summed E-state index contributed by atoms with van der Waals surface area (Å²) in [6.45, 7) is -0.184. The number of alkyl halides is 1. The predicted molar refractivity (Wildman–Crippen MR) is 34.7 cm³/mol. The van der Waals surface area contributed by atoms with Crippen molar-refractivity contribution in [3.8, 4) is 0 Å². The molecule has 0 bridgehead atoms. The SMILES string of the molecule is O=S([O-])OCCCCCF. The fourth-order valence-electron chi connectivity index (χ4n) is 0.500. The molecule has 0 aliphatic heterocycles. The molecule has 0 saturated carbocycles. The molecule has 62 valence electrons. The highest BCUT2D eigenvalue weighted by atomic mass is 32.2. The molecule has 1 atom stereocenters. The van der Waals surface area contributed by atoms with Crippen LogP contribution in [0.2, 0.25) is 0 Å². The van der Waals surface area contributed by atoms with E-state index in [2.05, 4.69) is 4.18 Å². The highest BCUT2D eigenvalue weighted by Crippen LogP contribution is 1.96. The molecule has 0 N–H and O–H groups in total. The normalized spacial score (nSPS) is 13.4. The Morgan fingerprint density at radius 2 is 2.10 bits per heavy atom. The van der Waals surface area contributed by atoms with Crippen molar-refractivity contribution in [1.82, 2.24) is 0 Å². The minimum atomic E-state index is -2.41. The van der Waals surface area contributed by atoms with Crippen molar-refractivity contribution in [3.05, 3.63) is 0 Å². The molecule has 0 spiro atoms. The summed E-state index contributed by atoms with van der Waals surface area (Å²) in [6.07, 6.45) is 1.75. The summed E-state index contributed by atoms with van der Waals surface area (Å²) in [7, 11) is 0. The predicted octanol–water partition coefficient (Wildman–Crippen LogP) is 0.937. The molecule has 0 aromatic rings. The Morgan fingerprint density at radius 1 is 1.40 bits per heavy atom. The molecular weight excluding hydrogens is 159 g/mol. The monoisotopic (exact) mass is 169 g/mol. The zero-order valence-electron chi connectivity index (χ0n) is 5.55. The van der Waals surface area contributed by atoms with Gasteiger partial charge in [0.25, 0.3) is 0 Å². The van der Waals surface area contributed by atoms with Crippen molar-refractivity contribution in [2.75, 3.05) is 13.3 Å². The van der Waals surface area contributed by atoms with E-state index in [1.165, 1.54) is 0 Å². The Labute approximate surface area is 62.1 Å². The van der Waals surface area contributed by atoms with E-state index in [0.29, 0.717) is 19.3 Å². The van der Waals surface area contributed by atoms with E-state index < -0.39 is 11.4 Å². The molecule has 0 fully saturated rings. The van der Waals surface area contributed by atoms with Crippen LogP contribution in [0.15, 0.2) is 0 Å². The number of rotatable bonds is 6. The molecule has 0 radical (unpaired) electrons. The Kier molecular flexibility index (Phi) is 7.11. The molecule has 3 nitrogen and oxygen atoms in total. The van der Waals surface area contributed by atoms with E-state index in [1.54, 1.807) is 0 Å². The fraction of sp³-hybridized carbons (Fsp3) is 1.00. The summed E-state index contributed by atoms with van der Waals surface area (Å²) in [4.78, 5) is 0. The fourth-order valence-corrected chi connectivity index (χ4v) is 0.754. The summed E-state index contributed by atoms with van der Waals surface area (Å²) in [6, 6.07) is 0. The first kappa shape index (κ1) is 10.0. The zero-order chi connectivity index (χ0) is 7.82. The van der Waals surface area contributed by atoms with Crippen LogP contribution in [0.5, 0.6) is 0 Å². The van der Waals surface area contributed by atoms with Gasteiger partial charge in [-0.15, -0.1) is 0 Å². The summed E-state index contributed by atoms with van der Waals surface area (Å²) >= 11 is -2.41. The largest absolute Gasteiger partial charge is 0.750 e. The summed E-state index contributed by atoms with van der Waals surface area (Å²) in [5.41, 5.74) is 0. The van der Waals surface area contributed by atoms with Crippen molar-refractivity contribution in [2.45, 2.75) is 19.3 Å². The standard InChI is InChI=1S/C5H11FO3S/c6-4-2-1-3-5-9-10(7)8/h1-5H2,(H,7,8)/p-1. The van der Waals surface area contributed by atoms with Crippen LogP contribution >= 0.6 is 0 Å². The van der Waals surface area contributed by atoms with Crippen LogP contribution in [0, 0.1) is 0 Å². The van der Waals surface area contributed by atoms with Crippen LogP contribution < -0.4 is 0 Å². The Morgan fingerprint density at radius 3 is 2.60 bits per heavy atom. The average molecular weight is 169 g/mol. The van der Waals surface area contributed by atoms with Crippen LogP contribution in [-0.4, -0.2) is 22.0 Å².